The SMILES string of the molecule is CC(OC(=O)COc1ccc2oc3c(c2c1)CCCC3)C(=O)Nc1ccccc1C#N. The largest absolute Gasteiger partial charge is 0.482 e. The molecule has 0 spiro atoms. The van der Waals surface area contributed by atoms with Crippen LogP contribution in [-0.4, -0.2) is 24.6 Å². The van der Waals surface area contributed by atoms with Gasteiger partial charge in [-0.3, -0.25) is 4.79 Å². The molecule has 0 bridgehead atoms. The molecule has 1 atom stereocenters. The van der Waals surface area contributed by atoms with E-state index in [9.17, 15) is 9.59 Å². The van der Waals surface area contributed by atoms with E-state index in [0.29, 0.717) is 17.0 Å². The van der Waals surface area contributed by atoms with E-state index in [1.165, 1.54) is 12.5 Å². The molecule has 31 heavy (non-hydrogen) atoms. The number of hydrogen-bond donors (Lipinski definition) is 1. The van der Waals surface area contributed by atoms with Crippen molar-refractivity contribution in [2.45, 2.75) is 38.7 Å². The topological polar surface area (TPSA) is 102 Å². The van der Waals surface area contributed by atoms with Gasteiger partial charge in [0.15, 0.2) is 12.7 Å². The predicted octanol–water partition coefficient (Wildman–Crippen LogP) is 4.13. The zero-order valence-corrected chi connectivity index (χ0v) is 17.1. The normalized spacial score (nSPS) is 13.7. The molecule has 0 radical (unpaired) electrons. The number of fused-ring (bicyclic) bond motifs is 3. The van der Waals surface area contributed by atoms with Crippen LogP contribution in [-0.2, 0) is 27.2 Å². The lowest BCUT2D eigenvalue weighted by molar-refractivity contribution is -0.155. The fourth-order valence-electron chi connectivity index (χ4n) is 3.68. The molecule has 0 fully saturated rings. The van der Waals surface area contributed by atoms with E-state index in [2.05, 4.69) is 5.32 Å². The number of nitriles is 1. The summed E-state index contributed by atoms with van der Waals surface area (Å²) in [4.78, 5) is 24.4. The molecule has 4 rings (SSSR count). The quantitative estimate of drug-likeness (QED) is 0.604. The van der Waals surface area contributed by atoms with Crippen molar-refractivity contribution in [1.29, 1.82) is 5.26 Å². The molecule has 1 aliphatic carbocycles. The first-order valence-electron chi connectivity index (χ1n) is 10.2. The van der Waals surface area contributed by atoms with Crippen molar-refractivity contribution < 1.29 is 23.5 Å². The number of carbonyl (C=O) groups excluding carboxylic acids is 2. The summed E-state index contributed by atoms with van der Waals surface area (Å²) in [6.07, 6.45) is 3.17. The van der Waals surface area contributed by atoms with Gasteiger partial charge in [-0.15, -0.1) is 0 Å². The van der Waals surface area contributed by atoms with Crippen LogP contribution in [0.15, 0.2) is 46.9 Å². The molecule has 7 heteroatoms. The summed E-state index contributed by atoms with van der Waals surface area (Å²) in [6, 6.07) is 14.1. The average Bonchev–Trinajstić information content (AvgIpc) is 3.16. The Kier molecular flexibility index (Phi) is 5.89. The van der Waals surface area contributed by atoms with Gasteiger partial charge < -0.3 is 19.2 Å². The van der Waals surface area contributed by atoms with E-state index >= 15 is 0 Å². The number of nitrogens with one attached hydrogen (secondary N) is 1. The zero-order valence-electron chi connectivity index (χ0n) is 17.1. The number of nitrogens with zero attached hydrogens (tertiary/aromatic N) is 1. The Balaban J connectivity index is 1.33. The Morgan fingerprint density at radius 2 is 2.00 bits per heavy atom. The number of aryl methyl sites for hydroxylation is 2. The zero-order chi connectivity index (χ0) is 21.8. The summed E-state index contributed by atoms with van der Waals surface area (Å²) < 4.78 is 16.6. The molecule has 1 N–H and O–H groups in total. The molecule has 1 amide bonds. The third kappa shape index (κ3) is 4.53. The second-order valence-corrected chi connectivity index (χ2v) is 7.44. The fraction of sp³-hybridized carbons (Fsp3) is 0.292. The van der Waals surface area contributed by atoms with Crippen LogP contribution in [0.5, 0.6) is 5.75 Å². The lowest BCUT2D eigenvalue weighted by Crippen LogP contribution is -2.31. The van der Waals surface area contributed by atoms with Gasteiger partial charge in [-0.2, -0.15) is 5.26 Å². The highest BCUT2D eigenvalue weighted by atomic mass is 16.6. The first-order valence-corrected chi connectivity index (χ1v) is 10.2. The maximum atomic E-state index is 12.3. The van der Waals surface area contributed by atoms with Gasteiger partial charge >= 0.3 is 5.97 Å². The first-order chi connectivity index (χ1) is 15.0. The van der Waals surface area contributed by atoms with Gasteiger partial charge in [0, 0.05) is 17.4 Å². The number of benzene rings is 2. The molecule has 3 aromatic rings. The van der Waals surface area contributed by atoms with Gasteiger partial charge in [0.05, 0.1) is 11.3 Å². The van der Waals surface area contributed by atoms with Crippen LogP contribution < -0.4 is 10.1 Å². The van der Waals surface area contributed by atoms with Crippen LogP contribution in [0.1, 0.15) is 36.7 Å². The smallest absolute Gasteiger partial charge is 0.344 e. The minimum Gasteiger partial charge on any atom is -0.482 e. The third-order valence-corrected chi connectivity index (χ3v) is 5.27. The molecular formula is C24H22N2O5. The molecule has 1 heterocycles. The molecule has 0 saturated heterocycles. The van der Waals surface area contributed by atoms with E-state index in [0.717, 1.165) is 42.4 Å². The van der Waals surface area contributed by atoms with Crippen molar-refractivity contribution in [1.82, 2.24) is 0 Å². The molecule has 1 aromatic heterocycles. The van der Waals surface area contributed by atoms with E-state index < -0.39 is 18.0 Å². The van der Waals surface area contributed by atoms with E-state index in [1.54, 1.807) is 30.3 Å². The Hall–Kier alpha value is -3.79. The average molecular weight is 418 g/mol. The maximum Gasteiger partial charge on any atom is 0.344 e. The number of furan rings is 1. The Labute approximate surface area is 179 Å². The number of amides is 1. The van der Waals surface area contributed by atoms with Gasteiger partial charge in [-0.05, 0) is 56.5 Å². The van der Waals surface area contributed by atoms with Crippen LogP contribution in [0.25, 0.3) is 11.0 Å². The predicted molar refractivity (Wildman–Crippen MR) is 114 cm³/mol. The van der Waals surface area contributed by atoms with Gasteiger partial charge in [0.1, 0.15) is 23.2 Å². The molecule has 7 nitrogen and oxygen atoms in total. The van der Waals surface area contributed by atoms with Crippen molar-refractivity contribution in [3.8, 4) is 11.8 Å². The van der Waals surface area contributed by atoms with Crippen molar-refractivity contribution in [3.63, 3.8) is 0 Å². The highest BCUT2D eigenvalue weighted by Gasteiger charge is 2.20. The van der Waals surface area contributed by atoms with Crippen molar-refractivity contribution in [2.75, 3.05) is 11.9 Å². The molecule has 1 aliphatic rings. The summed E-state index contributed by atoms with van der Waals surface area (Å²) in [5, 5.41) is 12.7. The number of esters is 1. The first kappa shape index (κ1) is 20.5. The molecule has 1 unspecified atom stereocenters. The number of rotatable bonds is 6. The standard InChI is InChI=1S/C24H22N2O5/c1-15(24(28)26-20-8-4-2-6-16(20)13-25)30-23(27)14-29-17-10-11-22-19(12-17)18-7-3-5-9-21(18)31-22/h2,4,6,8,10-12,15H,3,5,7,9,14H2,1H3,(H,26,28). The molecule has 0 saturated carbocycles. The Morgan fingerprint density at radius 1 is 1.19 bits per heavy atom. The molecular weight excluding hydrogens is 396 g/mol. The summed E-state index contributed by atoms with van der Waals surface area (Å²) in [6.45, 7) is 1.14. The highest BCUT2D eigenvalue weighted by Crippen LogP contribution is 2.33. The van der Waals surface area contributed by atoms with Gasteiger partial charge in [-0.25, -0.2) is 4.79 Å². The monoisotopic (exact) mass is 418 g/mol. The van der Waals surface area contributed by atoms with Crippen LogP contribution in [0.2, 0.25) is 0 Å². The number of carbonyl (C=O) groups is 2. The number of para-hydroxylation sites is 1. The van der Waals surface area contributed by atoms with Crippen LogP contribution >= 0.6 is 0 Å². The van der Waals surface area contributed by atoms with E-state index in [1.807, 2.05) is 18.2 Å². The number of anilines is 1. The number of ether oxygens (including phenoxy) is 2. The van der Waals surface area contributed by atoms with Crippen LogP contribution in [0, 0.1) is 11.3 Å². The van der Waals surface area contributed by atoms with E-state index in [-0.39, 0.29) is 6.61 Å². The maximum absolute atomic E-state index is 12.3. The molecule has 2 aromatic carbocycles. The summed E-state index contributed by atoms with van der Waals surface area (Å²) in [5.41, 5.74) is 2.74. The van der Waals surface area contributed by atoms with Crippen molar-refractivity contribution in [2.24, 2.45) is 0 Å². The Bertz CT molecular complexity index is 1170. The summed E-state index contributed by atoms with van der Waals surface area (Å²) in [7, 11) is 0. The minimum atomic E-state index is -1.04. The Morgan fingerprint density at radius 3 is 2.84 bits per heavy atom. The summed E-state index contributed by atoms with van der Waals surface area (Å²) in [5.74, 6) is 0.391. The lowest BCUT2D eigenvalue weighted by Gasteiger charge is -2.14. The van der Waals surface area contributed by atoms with Crippen LogP contribution in [0.4, 0.5) is 5.69 Å². The van der Waals surface area contributed by atoms with Crippen molar-refractivity contribution >= 4 is 28.5 Å². The second kappa shape index (κ2) is 8.92. The second-order valence-electron chi connectivity index (χ2n) is 7.44. The number of hydrogen-bond acceptors (Lipinski definition) is 6. The van der Waals surface area contributed by atoms with Gasteiger partial charge in [-0.1, -0.05) is 12.1 Å². The molecule has 0 aliphatic heterocycles. The fourth-order valence-corrected chi connectivity index (χ4v) is 3.68. The minimum absolute atomic E-state index is 0.321. The van der Waals surface area contributed by atoms with Crippen LogP contribution in [0.3, 0.4) is 0 Å². The third-order valence-electron chi connectivity index (χ3n) is 5.27. The summed E-state index contributed by atoms with van der Waals surface area (Å²) >= 11 is 0. The van der Waals surface area contributed by atoms with E-state index in [4.69, 9.17) is 19.2 Å². The lowest BCUT2D eigenvalue weighted by atomic mass is 9.96. The molecule has 158 valence electrons. The van der Waals surface area contributed by atoms with Crippen molar-refractivity contribution in [3.05, 3.63) is 59.4 Å². The highest BCUT2D eigenvalue weighted by molar-refractivity contribution is 5.96. The van der Waals surface area contributed by atoms with Gasteiger partial charge in [0.25, 0.3) is 5.91 Å². The van der Waals surface area contributed by atoms with Gasteiger partial charge in [0.2, 0.25) is 0 Å².